The molecule has 1 aromatic carbocycles. The SMILES string of the molecule is CCC1CCCCC1Nc1cccc(OCC(N)=O)c1. The predicted molar refractivity (Wildman–Crippen MR) is 80.8 cm³/mol. The fourth-order valence-corrected chi connectivity index (χ4v) is 2.93. The number of carbonyl (C=O) groups is 1. The van der Waals surface area contributed by atoms with E-state index in [2.05, 4.69) is 12.2 Å². The molecule has 2 rings (SSSR count). The first kappa shape index (κ1) is 14.7. The third kappa shape index (κ3) is 4.15. The lowest BCUT2D eigenvalue weighted by molar-refractivity contribution is -0.119. The maximum absolute atomic E-state index is 10.7. The van der Waals surface area contributed by atoms with Gasteiger partial charge in [0.1, 0.15) is 5.75 Å². The molecule has 4 heteroatoms. The van der Waals surface area contributed by atoms with Crippen LogP contribution in [0, 0.1) is 5.92 Å². The highest BCUT2D eigenvalue weighted by Gasteiger charge is 2.23. The molecular formula is C16H24N2O2. The minimum absolute atomic E-state index is 0.0789. The van der Waals surface area contributed by atoms with E-state index in [1.165, 1.54) is 32.1 Å². The lowest BCUT2D eigenvalue weighted by Gasteiger charge is -2.32. The van der Waals surface area contributed by atoms with Crippen LogP contribution in [0.25, 0.3) is 0 Å². The Morgan fingerprint density at radius 1 is 1.40 bits per heavy atom. The number of hydrogen-bond donors (Lipinski definition) is 2. The van der Waals surface area contributed by atoms with Crippen molar-refractivity contribution < 1.29 is 9.53 Å². The number of rotatable bonds is 6. The molecule has 1 fully saturated rings. The summed E-state index contributed by atoms with van der Waals surface area (Å²) >= 11 is 0. The lowest BCUT2D eigenvalue weighted by Crippen LogP contribution is -2.31. The normalized spacial score (nSPS) is 22.2. The van der Waals surface area contributed by atoms with Crippen molar-refractivity contribution in [3.8, 4) is 5.75 Å². The molecule has 0 spiro atoms. The zero-order valence-corrected chi connectivity index (χ0v) is 12.1. The number of benzene rings is 1. The van der Waals surface area contributed by atoms with Gasteiger partial charge in [-0.05, 0) is 30.9 Å². The molecule has 110 valence electrons. The molecule has 0 saturated heterocycles. The molecule has 20 heavy (non-hydrogen) atoms. The van der Waals surface area contributed by atoms with Crippen LogP contribution >= 0.6 is 0 Å². The second kappa shape index (κ2) is 7.17. The fourth-order valence-electron chi connectivity index (χ4n) is 2.93. The van der Waals surface area contributed by atoms with Crippen LogP contribution in [0.4, 0.5) is 5.69 Å². The summed E-state index contributed by atoms with van der Waals surface area (Å²) in [5.41, 5.74) is 6.14. The third-order valence-corrected chi connectivity index (χ3v) is 4.00. The summed E-state index contributed by atoms with van der Waals surface area (Å²) in [4.78, 5) is 10.7. The molecular weight excluding hydrogens is 252 g/mol. The number of nitrogens with one attached hydrogen (secondary N) is 1. The number of ether oxygens (including phenoxy) is 1. The molecule has 1 aliphatic carbocycles. The van der Waals surface area contributed by atoms with E-state index in [0.717, 1.165) is 11.6 Å². The molecule has 0 aliphatic heterocycles. The summed E-state index contributed by atoms with van der Waals surface area (Å²) in [6.07, 6.45) is 6.40. The Morgan fingerprint density at radius 3 is 2.95 bits per heavy atom. The second-order valence-electron chi connectivity index (χ2n) is 5.49. The number of carbonyl (C=O) groups excluding carboxylic acids is 1. The van der Waals surface area contributed by atoms with E-state index in [4.69, 9.17) is 10.5 Å². The van der Waals surface area contributed by atoms with Crippen LogP contribution in [0.5, 0.6) is 5.75 Å². The van der Waals surface area contributed by atoms with Crippen LogP contribution in [0.2, 0.25) is 0 Å². The van der Waals surface area contributed by atoms with Crippen molar-refractivity contribution in [2.24, 2.45) is 11.7 Å². The van der Waals surface area contributed by atoms with Crippen molar-refractivity contribution >= 4 is 11.6 Å². The molecule has 0 radical (unpaired) electrons. The van der Waals surface area contributed by atoms with Crippen LogP contribution < -0.4 is 15.8 Å². The van der Waals surface area contributed by atoms with Gasteiger partial charge in [0.05, 0.1) is 0 Å². The lowest BCUT2D eigenvalue weighted by atomic mass is 9.83. The molecule has 2 atom stereocenters. The van der Waals surface area contributed by atoms with Crippen molar-refractivity contribution in [2.45, 2.75) is 45.1 Å². The predicted octanol–water partition coefficient (Wildman–Crippen LogP) is 2.93. The molecule has 0 bridgehead atoms. The average molecular weight is 276 g/mol. The summed E-state index contributed by atoms with van der Waals surface area (Å²) in [5.74, 6) is 0.971. The van der Waals surface area contributed by atoms with Crippen LogP contribution in [0.15, 0.2) is 24.3 Å². The van der Waals surface area contributed by atoms with E-state index in [0.29, 0.717) is 11.8 Å². The number of hydrogen-bond acceptors (Lipinski definition) is 3. The maximum atomic E-state index is 10.7. The van der Waals surface area contributed by atoms with E-state index < -0.39 is 5.91 Å². The Morgan fingerprint density at radius 2 is 2.20 bits per heavy atom. The average Bonchev–Trinajstić information content (AvgIpc) is 2.46. The van der Waals surface area contributed by atoms with Crippen LogP contribution in [-0.2, 0) is 4.79 Å². The minimum atomic E-state index is -0.457. The molecule has 4 nitrogen and oxygen atoms in total. The third-order valence-electron chi connectivity index (χ3n) is 4.00. The van der Waals surface area contributed by atoms with E-state index in [1.54, 1.807) is 0 Å². The summed E-state index contributed by atoms with van der Waals surface area (Å²) in [7, 11) is 0. The first-order chi connectivity index (χ1) is 9.69. The monoisotopic (exact) mass is 276 g/mol. The molecule has 2 unspecified atom stereocenters. The van der Waals surface area contributed by atoms with Crippen LogP contribution in [-0.4, -0.2) is 18.6 Å². The van der Waals surface area contributed by atoms with Gasteiger partial charge in [-0.3, -0.25) is 4.79 Å². The molecule has 0 aromatic heterocycles. The van der Waals surface area contributed by atoms with Gasteiger partial charge in [0, 0.05) is 17.8 Å². The zero-order chi connectivity index (χ0) is 14.4. The molecule has 1 amide bonds. The van der Waals surface area contributed by atoms with Gasteiger partial charge < -0.3 is 15.8 Å². The number of primary amides is 1. The van der Waals surface area contributed by atoms with Crippen molar-refractivity contribution in [3.05, 3.63) is 24.3 Å². The second-order valence-corrected chi connectivity index (χ2v) is 5.49. The summed E-state index contributed by atoms with van der Waals surface area (Å²) < 4.78 is 5.34. The van der Waals surface area contributed by atoms with Crippen molar-refractivity contribution in [2.75, 3.05) is 11.9 Å². The van der Waals surface area contributed by atoms with Gasteiger partial charge in [-0.15, -0.1) is 0 Å². The molecule has 1 aromatic rings. The Hall–Kier alpha value is -1.71. The van der Waals surface area contributed by atoms with Gasteiger partial charge in [0.25, 0.3) is 5.91 Å². The zero-order valence-electron chi connectivity index (χ0n) is 12.1. The number of nitrogens with two attached hydrogens (primary N) is 1. The highest BCUT2D eigenvalue weighted by molar-refractivity contribution is 5.75. The van der Waals surface area contributed by atoms with Gasteiger partial charge >= 0.3 is 0 Å². The smallest absolute Gasteiger partial charge is 0.255 e. The van der Waals surface area contributed by atoms with Crippen molar-refractivity contribution in [1.29, 1.82) is 0 Å². The number of anilines is 1. The standard InChI is InChI=1S/C16H24N2O2/c1-2-12-6-3-4-9-15(12)18-13-7-5-8-14(10-13)20-11-16(17)19/h5,7-8,10,12,15,18H,2-4,6,9,11H2,1H3,(H2,17,19). The van der Waals surface area contributed by atoms with Gasteiger partial charge in [-0.2, -0.15) is 0 Å². The van der Waals surface area contributed by atoms with Crippen LogP contribution in [0.1, 0.15) is 39.0 Å². The van der Waals surface area contributed by atoms with Crippen LogP contribution in [0.3, 0.4) is 0 Å². The van der Waals surface area contributed by atoms with E-state index in [-0.39, 0.29) is 6.61 Å². The van der Waals surface area contributed by atoms with Gasteiger partial charge in [0.2, 0.25) is 0 Å². The minimum Gasteiger partial charge on any atom is -0.484 e. The van der Waals surface area contributed by atoms with Crippen molar-refractivity contribution in [3.63, 3.8) is 0 Å². The fraction of sp³-hybridized carbons (Fsp3) is 0.562. The Kier molecular flexibility index (Phi) is 5.27. The largest absolute Gasteiger partial charge is 0.484 e. The molecule has 1 aliphatic rings. The first-order valence-corrected chi connectivity index (χ1v) is 7.46. The quantitative estimate of drug-likeness (QED) is 0.839. The Labute approximate surface area is 120 Å². The van der Waals surface area contributed by atoms with Crippen molar-refractivity contribution in [1.82, 2.24) is 0 Å². The molecule has 3 N–H and O–H groups in total. The van der Waals surface area contributed by atoms with Gasteiger partial charge in [-0.1, -0.05) is 32.3 Å². The van der Waals surface area contributed by atoms with Gasteiger partial charge in [-0.25, -0.2) is 0 Å². The summed E-state index contributed by atoms with van der Waals surface area (Å²) in [6.45, 7) is 2.18. The Balaban J connectivity index is 1.97. The topological polar surface area (TPSA) is 64.3 Å². The maximum Gasteiger partial charge on any atom is 0.255 e. The van der Waals surface area contributed by atoms with E-state index >= 15 is 0 Å². The van der Waals surface area contributed by atoms with E-state index in [9.17, 15) is 4.79 Å². The summed E-state index contributed by atoms with van der Waals surface area (Å²) in [5, 5.41) is 3.61. The Bertz CT molecular complexity index is 448. The first-order valence-electron chi connectivity index (χ1n) is 7.46. The highest BCUT2D eigenvalue weighted by Crippen LogP contribution is 2.30. The molecule has 1 saturated carbocycles. The summed E-state index contributed by atoms with van der Waals surface area (Å²) in [6, 6.07) is 8.29. The highest BCUT2D eigenvalue weighted by atomic mass is 16.5. The number of amides is 1. The van der Waals surface area contributed by atoms with E-state index in [1.807, 2.05) is 24.3 Å². The van der Waals surface area contributed by atoms with Gasteiger partial charge in [0.15, 0.2) is 6.61 Å². The molecule has 0 heterocycles.